The van der Waals surface area contributed by atoms with Crippen LogP contribution in [0, 0.1) is 0 Å². The molecule has 0 aromatic carbocycles. The van der Waals surface area contributed by atoms with Crippen molar-refractivity contribution in [3.63, 3.8) is 0 Å². The molecule has 0 saturated carbocycles. The number of likely N-dealkylation sites (N-methyl/N-ethyl adjacent to an activating group) is 1. The summed E-state index contributed by atoms with van der Waals surface area (Å²) in [5.41, 5.74) is 0. The van der Waals surface area contributed by atoms with Crippen molar-refractivity contribution in [1.82, 2.24) is 0 Å². The van der Waals surface area contributed by atoms with E-state index in [0.717, 1.165) is 30.3 Å². The Morgan fingerprint density at radius 1 is 0.574 bits per heavy atom. The summed E-state index contributed by atoms with van der Waals surface area (Å²) in [4.78, 5) is 0. The van der Waals surface area contributed by atoms with Crippen LogP contribution in [-0.4, -0.2) is 109 Å². The molecule has 0 aromatic rings. The number of nitrogens with zero attached hydrogens (tertiary/aromatic N) is 1. The Morgan fingerprint density at radius 2 is 1.00 bits per heavy atom. The average Bonchev–Trinajstić information content (AvgIpc) is 3.04. The highest BCUT2D eigenvalue weighted by atomic mass is 16.7. The molecule has 0 bridgehead atoms. The summed E-state index contributed by atoms with van der Waals surface area (Å²) in [7, 11) is 4.29. The van der Waals surface area contributed by atoms with Crippen molar-refractivity contribution in [1.29, 1.82) is 0 Å². The van der Waals surface area contributed by atoms with Gasteiger partial charge in [0.25, 0.3) is 0 Å². The Balaban J connectivity index is 2.14. The van der Waals surface area contributed by atoms with Gasteiger partial charge in [0.1, 0.15) is 37.1 Å². The minimum absolute atomic E-state index is 0.00659. The Kier molecular flexibility index (Phi) is 28.0. The maximum absolute atomic E-state index is 10.6. The summed E-state index contributed by atoms with van der Waals surface area (Å²) < 4.78 is 18.0. The molecule has 8 heteroatoms. The Morgan fingerprint density at radius 3 is 1.47 bits per heavy atom. The average molecular weight is 675 g/mol. The van der Waals surface area contributed by atoms with Crippen molar-refractivity contribution in [3.05, 3.63) is 0 Å². The molecule has 47 heavy (non-hydrogen) atoms. The molecule has 0 aliphatic carbocycles. The summed E-state index contributed by atoms with van der Waals surface area (Å²) in [5, 5.41) is 41.9. The van der Waals surface area contributed by atoms with Crippen LogP contribution in [0.15, 0.2) is 0 Å². The van der Waals surface area contributed by atoms with E-state index in [9.17, 15) is 20.4 Å². The zero-order chi connectivity index (χ0) is 34.6. The smallest absolute Gasteiger partial charge is 0.186 e. The fourth-order valence-corrected chi connectivity index (χ4v) is 6.75. The first-order valence-corrected chi connectivity index (χ1v) is 20.1. The van der Waals surface area contributed by atoms with Crippen molar-refractivity contribution in [2.75, 3.05) is 47.0 Å². The zero-order valence-electron chi connectivity index (χ0n) is 31.4. The molecule has 1 aliphatic rings. The number of rotatable bonds is 33. The zero-order valence-corrected chi connectivity index (χ0v) is 31.4. The highest BCUT2D eigenvalue weighted by molar-refractivity contribution is 4.89. The van der Waals surface area contributed by atoms with E-state index in [-0.39, 0.29) is 13.2 Å². The van der Waals surface area contributed by atoms with Gasteiger partial charge in [-0.2, -0.15) is 0 Å². The maximum Gasteiger partial charge on any atom is 0.186 e. The molecular weight excluding hydrogens is 594 g/mol. The molecule has 0 aromatic heterocycles. The lowest BCUT2D eigenvalue weighted by Gasteiger charge is -2.40. The summed E-state index contributed by atoms with van der Waals surface area (Å²) in [6.45, 7) is 6.68. The monoisotopic (exact) mass is 675 g/mol. The Bertz CT molecular complexity index is 682. The van der Waals surface area contributed by atoms with Gasteiger partial charge in [0.15, 0.2) is 6.29 Å². The molecule has 0 radical (unpaired) electrons. The van der Waals surface area contributed by atoms with E-state index in [0.29, 0.717) is 13.2 Å². The molecular formula is C39H80NO7+. The summed E-state index contributed by atoms with van der Waals surface area (Å²) in [5.74, 6) is 0. The molecule has 1 aliphatic heterocycles. The quantitative estimate of drug-likeness (QED) is 0.0418. The number of hydrogen-bond acceptors (Lipinski definition) is 7. The van der Waals surface area contributed by atoms with Crippen molar-refractivity contribution >= 4 is 0 Å². The topological polar surface area (TPSA) is 109 Å². The fraction of sp³-hybridized carbons (Fsp3) is 1.00. The number of hydrogen-bond donors (Lipinski definition) is 4. The standard InChI is InChI=1S/C39H80NO7/c1-5-7-9-11-13-15-17-19-21-23-25-27-29-40(3,4)31-34(41)32-45-33-35-36(42)37(43)38(44)39(47-35)46-30-28-26-24-22-20-18-16-14-12-10-8-6-2/h34-39,41-44H,5-33H2,1-4H3/q+1/t34?,35-,36-,37+,38-,39-/m1/s1. The van der Waals surface area contributed by atoms with Crippen LogP contribution < -0.4 is 0 Å². The second kappa shape index (κ2) is 29.4. The lowest BCUT2D eigenvalue weighted by atomic mass is 9.99. The molecule has 8 nitrogen and oxygen atoms in total. The maximum atomic E-state index is 10.6. The summed E-state index contributed by atoms with van der Waals surface area (Å²) >= 11 is 0. The van der Waals surface area contributed by atoms with Crippen LogP contribution >= 0.6 is 0 Å². The highest BCUT2D eigenvalue weighted by Gasteiger charge is 2.44. The lowest BCUT2D eigenvalue weighted by molar-refractivity contribution is -0.893. The minimum atomic E-state index is -1.37. The van der Waals surface area contributed by atoms with Crippen LogP contribution in [0.4, 0.5) is 0 Å². The van der Waals surface area contributed by atoms with E-state index in [1.807, 2.05) is 0 Å². The van der Waals surface area contributed by atoms with Crippen LogP contribution in [0.1, 0.15) is 168 Å². The number of unbranched alkanes of at least 4 members (excludes halogenated alkanes) is 22. The molecule has 1 saturated heterocycles. The van der Waals surface area contributed by atoms with Crippen molar-refractivity contribution < 1.29 is 39.1 Å². The van der Waals surface area contributed by atoms with Gasteiger partial charge in [-0.25, -0.2) is 0 Å². The highest BCUT2D eigenvalue weighted by Crippen LogP contribution is 2.23. The van der Waals surface area contributed by atoms with Crippen LogP contribution in [0.25, 0.3) is 0 Å². The Labute approximate surface area is 290 Å². The van der Waals surface area contributed by atoms with Gasteiger partial charge in [-0.15, -0.1) is 0 Å². The largest absolute Gasteiger partial charge is 0.387 e. The van der Waals surface area contributed by atoms with Crippen LogP contribution in [0.5, 0.6) is 0 Å². The molecule has 0 spiro atoms. The van der Waals surface area contributed by atoms with Crippen molar-refractivity contribution in [3.8, 4) is 0 Å². The molecule has 1 unspecified atom stereocenters. The van der Waals surface area contributed by atoms with Gasteiger partial charge in [-0.3, -0.25) is 0 Å². The number of aliphatic hydroxyl groups is 4. The van der Waals surface area contributed by atoms with Crippen molar-refractivity contribution in [2.45, 2.75) is 205 Å². The minimum Gasteiger partial charge on any atom is -0.387 e. The fourth-order valence-electron chi connectivity index (χ4n) is 6.75. The number of ether oxygens (including phenoxy) is 3. The first kappa shape index (κ1) is 44.7. The lowest BCUT2D eigenvalue weighted by Crippen LogP contribution is -2.59. The van der Waals surface area contributed by atoms with E-state index in [4.69, 9.17) is 14.2 Å². The van der Waals surface area contributed by atoms with Gasteiger partial charge >= 0.3 is 0 Å². The van der Waals surface area contributed by atoms with Gasteiger partial charge in [-0.1, -0.05) is 149 Å². The van der Waals surface area contributed by atoms with Crippen LogP contribution in [0.3, 0.4) is 0 Å². The Hall–Kier alpha value is -0.320. The van der Waals surface area contributed by atoms with Crippen molar-refractivity contribution in [2.24, 2.45) is 0 Å². The third-order valence-electron chi connectivity index (χ3n) is 9.86. The predicted molar refractivity (Wildman–Crippen MR) is 193 cm³/mol. The second-order valence-electron chi connectivity index (χ2n) is 15.2. The molecule has 282 valence electrons. The van der Waals surface area contributed by atoms with Gasteiger partial charge < -0.3 is 39.1 Å². The SMILES string of the molecule is CCCCCCCCCCCCCCO[C@@H]1O[C@H](COCC(O)C[N+](C)(C)CCCCCCCCCCCCCC)[C@@H](O)[C@H](O)[C@H]1O. The molecule has 4 N–H and O–H groups in total. The molecule has 6 atom stereocenters. The van der Waals surface area contributed by atoms with Gasteiger partial charge in [0.05, 0.1) is 33.9 Å². The first-order valence-electron chi connectivity index (χ1n) is 20.1. The van der Waals surface area contributed by atoms with E-state index >= 15 is 0 Å². The van der Waals surface area contributed by atoms with E-state index in [1.165, 1.54) is 135 Å². The number of quaternary nitrogens is 1. The third-order valence-corrected chi connectivity index (χ3v) is 9.86. The van der Waals surface area contributed by atoms with Gasteiger partial charge in [0.2, 0.25) is 0 Å². The van der Waals surface area contributed by atoms with Crippen LogP contribution in [-0.2, 0) is 14.2 Å². The predicted octanol–water partition coefficient (Wildman–Crippen LogP) is 7.67. The summed E-state index contributed by atoms with van der Waals surface area (Å²) in [6, 6.07) is 0. The number of aliphatic hydroxyl groups excluding tert-OH is 4. The van der Waals surface area contributed by atoms with E-state index in [1.54, 1.807) is 0 Å². The van der Waals surface area contributed by atoms with Gasteiger partial charge in [-0.05, 0) is 19.3 Å². The molecule has 1 heterocycles. The van der Waals surface area contributed by atoms with E-state index < -0.39 is 36.8 Å². The van der Waals surface area contributed by atoms with Crippen LogP contribution in [0.2, 0.25) is 0 Å². The third kappa shape index (κ3) is 23.7. The first-order chi connectivity index (χ1) is 22.7. The molecule has 1 fully saturated rings. The molecule has 0 amide bonds. The summed E-state index contributed by atoms with van der Waals surface area (Å²) in [6.07, 6.45) is 24.6. The normalized spacial score (nSPS) is 22.6. The second-order valence-corrected chi connectivity index (χ2v) is 15.2. The van der Waals surface area contributed by atoms with Gasteiger partial charge in [0, 0.05) is 6.61 Å². The van der Waals surface area contributed by atoms with E-state index in [2.05, 4.69) is 27.9 Å². The molecule has 1 rings (SSSR count).